The van der Waals surface area contributed by atoms with Crippen LogP contribution in [0, 0.1) is 11.8 Å². The van der Waals surface area contributed by atoms with Crippen LogP contribution in [0.2, 0.25) is 0 Å². The molecule has 0 saturated heterocycles. The van der Waals surface area contributed by atoms with E-state index in [9.17, 15) is 44.7 Å². The van der Waals surface area contributed by atoms with Gasteiger partial charge in [-0.3, -0.25) is 19.2 Å². The number of rotatable bonds is 16. The lowest BCUT2D eigenvalue weighted by molar-refractivity contribution is -0.145. The molecule has 3 amide bonds. The van der Waals surface area contributed by atoms with E-state index in [2.05, 4.69) is 16.0 Å². The maximum Gasteiger partial charge on any atom is 0.305 e. The van der Waals surface area contributed by atoms with Crippen LogP contribution < -0.4 is 21.7 Å². The Labute approximate surface area is 239 Å². The highest BCUT2D eigenvalue weighted by molar-refractivity contribution is 5.90. The van der Waals surface area contributed by atoms with E-state index < -0.39 is 79.2 Å². The summed E-state index contributed by atoms with van der Waals surface area (Å²) in [6.07, 6.45) is -6.73. The molecule has 0 aliphatic carbocycles. The van der Waals surface area contributed by atoms with Crippen LogP contribution in [-0.2, 0) is 19.2 Å². The third-order valence-electron chi connectivity index (χ3n) is 6.14. The Hall–Kier alpha value is -2.81. The summed E-state index contributed by atoms with van der Waals surface area (Å²) in [4.78, 5) is 49.3. The van der Waals surface area contributed by atoms with Crippen LogP contribution in [0.25, 0.3) is 0 Å². The zero-order valence-electron chi connectivity index (χ0n) is 23.1. The van der Waals surface area contributed by atoms with Gasteiger partial charge in [0.05, 0.1) is 31.2 Å². The SMILES string of the molecule is CC(C)C[C@H](NC(=O)[C@@H](N)C(C)C)C(=O)N[C@@H](CO)[C@@H](O)[C@@H](O)[C@H](O)C(=O)N[C@@H](CC(=O)O)c1ccccc1.Cl. The second-order valence-electron chi connectivity index (χ2n) is 10.3. The van der Waals surface area contributed by atoms with E-state index in [0.29, 0.717) is 5.56 Å². The minimum Gasteiger partial charge on any atom is -0.481 e. The van der Waals surface area contributed by atoms with Crippen molar-refractivity contribution in [2.24, 2.45) is 17.6 Å². The third-order valence-corrected chi connectivity index (χ3v) is 6.14. The highest BCUT2D eigenvalue weighted by Crippen LogP contribution is 2.18. The van der Waals surface area contributed by atoms with Crippen molar-refractivity contribution in [1.29, 1.82) is 0 Å². The Bertz CT molecular complexity index is 951. The van der Waals surface area contributed by atoms with Gasteiger partial charge in [0.15, 0.2) is 6.10 Å². The summed E-state index contributed by atoms with van der Waals surface area (Å²) in [6.45, 7) is 6.24. The Morgan fingerprint density at radius 1 is 0.850 bits per heavy atom. The van der Waals surface area contributed by atoms with Crippen molar-refractivity contribution in [3.8, 4) is 0 Å². The van der Waals surface area contributed by atoms with Crippen LogP contribution in [0.3, 0.4) is 0 Å². The van der Waals surface area contributed by atoms with Crippen molar-refractivity contribution in [3.05, 3.63) is 35.9 Å². The van der Waals surface area contributed by atoms with Crippen molar-refractivity contribution in [1.82, 2.24) is 16.0 Å². The first-order valence-corrected chi connectivity index (χ1v) is 12.8. The molecule has 0 fully saturated rings. The Kier molecular flexibility index (Phi) is 16.5. The molecule has 1 aromatic rings. The van der Waals surface area contributed by atoms with Gasteiger partial charge in [-0.15, -0.1) is 12.4 Å². The molecule has 0 saturated carbocycles. The van der Waals surface area contributed by atoms with Gasteiger partial charge in [0.2, 0.25) is 11.8 Å². The molecule has 0 heterocycles. The monoisotopic (exact) mass is 590 g/mol. The summed E-state index contributed by atoms with van der Waals surface area (Å²) in [5, 5.41) is 57.6. The fraction of sp³-hybridized carbons (Fsp3) is 0.615. The molecule has 0 aliphatic heterocycles. The third kappa shape index (κ3) is 11.7. The first-order chi connectivity index (χ1) is 18.2. The number of carboxylic acid groups (broad SMARTS) is 1. The molecule has 0 spiro atoms. The standard InChI is InChI=1S/C26H42N4O9.ClH/c1-13(2)10-17(29-25(38)20(27)14(3)4)24(37)30-18(12-31)21(34)22(35)23(36)26(39)28-16(11-19(32)33)15-8-6-5-7-9-15;/h5-9,13-14,16-18,20-23,31,34-36H,10-12,27H2,1-4H3,(H,28,39)(H,29,38)(H,30,37)(H,32,33);1H/t16-,17-,18-,20-,21+,22+,23-;/m0./s1. The van der Waals surface area contributed by atoms with Gasteiger partial charge < -0.3 is 47.2 Å². The molecule has 14 heteroatoms. The van der Waals surface area contributed by atoms with E-state index >= 15 is 0 Å². The summed E-state index contributed by atoms with van der Waals surface area (Å²) in [5.74, 6) is -3.96. The molecular formula is C26H43ClN4O9. The van der Waals surface area contributed by atoms with Crippen molar-refractivity contribution in [3.63, 3.8) is 0 Å². The molecular weight excluding hydrogens is 548 g/mol. The molecule has 1 aromatic carbocycles. The predicted octanol–water partition coefficient (Wildman–Crippen LogP) is -1.19. The van der Waals surface area contributed by atoms with Crippen LogP contribution in [0.4, 0.5) is 0 Å². The lowest BCUT2D eigenvalue weighted by Gasteiger charge is -2.31. The highest BCUT2D eigenvalue weighted by Gasteiger charge is 2.37. The van der Waals surface area contributed by atoms with E-state index in [0.717, 1.165) is 0 Å². The van der Waals surface area contributed by atoms with Gasteiger partial charge in [-0.05, 0) is 23.8 Å². The number of halogens is 1. The van der Waals surface area contributed by atoms with Gasteiger partial charge in [0, 0.05) is 0 Å². The van der Waals surface area contributed by atoms with Crippen LogP contribution >= 0.6 is 12.4 Å². The zero-order valence-corrected chi connectivity index (χ0v) is 23.9. The Morgan fingerprint density at radius 2 is 1.43 bits per heavy atom. The smallest absolute Gasteiger partial charge is 0.305 e. The van der Waals surface area contributed by atoms with Crippen LogP contribution in [0.1, 0.15) is 52.1 Å². The molecule has 13 nitrogen and oxygen atoms in total. The lowest BCUT2D eigenvalue weighted by atomic mass is 9.97. The maximum atomic E-state index is 12.9. The summed E-state index contributed by atoms with van der Waals surface area (Å²) >= 11 is 0. The fourth-order valence-electron chi connectivity index (χ4n) is 3.75. The number of carbonyl (C=O) groups excluding carboxylic acids is 3. The maximum absolute atomic E-state index is 12.9. The van der Waals surface area contributed by atoms with Gasteiger partial charge in [0.25, 0.3) is 5.91 Å². The molecule has 0 aliphatic rings. The van der Waals surface area contributed by atoms with Gasteiger partial charge in [-0.25, -0.2) is 0 Å². The predicted molar refractivity (Wildman–Crippen MR) is 148 cm³/mol. The number of nitrogens with one attached hydrogen (secondary N) is 3. The van der Waals surface area contributed by atoms with Gasteiger partial charge in [-0.2, -0.15) is 0 Å². The number of aliphatic hydroxyl groups excluding tert-OH is 4. The van der Waals surface area contributed by atoms with Crippen molar-refractivity contribution in [2.75, 3.05) is 6.61 Å². The zero-order chi connectivity index (χ0) is 29.9. The average Bonchev–Trinajstić information content (AvgIpc) is 2.88. The van der Waals surface area contributed by atoms with Crippen molar-refractivity contribution in [2.45, 2.75) is 83.0 Å². The second kappa shape index (κ2) is 17.8. The quantitative estimate of drug-likeness (QED) is 0.112. The summed E-state index contributed by atoms with van der Waals surface area (Å²) in [7, 11) is 0. The van der Waals surface area contributed by atoms with E-state index in [4.69, 9.17) is 5.73 Å². The molecule has 7 atom stereocenters. The Morgan fingerprint density at radius 3 is 1.90 bits per heavy atom. The van der Waals surface area contributed by atoms with Crippen molar-refractivity contribution >= 4 is 36.1 Å². The number of aliphatic carboxylic acids is 1. The average molecular weight is 591 g/mol. The summed E-state index contributed by atoms with van der Waals surface area (Å²) in [5.41, 5.74) is 6.30. The van der Waals surface area contributed by atoms with E-state index in [-0.39, 0.29) is 30.7 Å². The summed E-state index contributed by atoms with van der Waals surface area (Å²) in [6, 6.07) is 3.59. The topological polar surface area (TPSA) is 232 Å². The normalized spacial score (nSPS) is 16.5. The number of aliphatic hydroxyl groups is 4. The number of nitrogens with two attached hydrogens (primary N) is 1. The highest BCUT2D eigenvalue weighted by atomic mass is 35.5. The number of hydrogen-bond donors (Lipinski definition) is 9. The summed E-state index contributed by atoms with van der Waals surface area (Å²) < 4.78 is 0. The van der Waals surface area contributed by atoms with E-state index in [1.807, 2.05) is 13.8 Å². The molecule has 1 rings (SSSR count). The number of hydrogen-bond acceptors (Lipinski definition) is 9. The van der Waals surface area contributed by atoms with Crippen LogP contribution in [0.5, 0.6) is 0 Å². The number of carbonyl (C=O) groups is 4. The minimum absolute atomic E-state index is 0. The van der Waals surface area contributed by atoms with Gasteiger partial charge in [-0.1, -0.05) is 58.0 Å². The molecule has 0 unspecified atom stereocenters. The molecule has 10 N–H and O–H groups in total. The molecule has 0 aromatic heterocycles. The minimum atomic E-state index is -2.24. The first-order valence-electron chi connectivity index (χ1n) is 12.8. The first kappa shape index (κ1) is 37.2. The fourth-order valence-corrected chi connectivity index (χ4v) is 3.75. The van der Waals surface area contributed by atoms with Crippen molar-refractivity contribution < 1.29 is 44.7 Å². The Balaban J connectivity index is 0.0000152. The molecule has 0 bridgehead atoms. The number of amides is 3. The van der Waals surface area contributed by atoms with Crippen LogP contribution in [0.15, 0.2) is 30.3 Å². The van der Waals surface area contributed by atoms with E-state index in [1.54, 1.807) is 44.2 Å². The van der Waals surface area contributed by atoms with Crippen LogP contribution in [-0.4, -0.2) is 92.3 Å². The molecule has 228 valence electrons. The molecule has 40 heavy (non-hydrogen) atoms. The van der Waals surface area contributed by atoms with Gasteiger partial charge >= 0.3 is 5.97 Å². The number of carboxylic acids is 1. The number of benzene rings is 1. The largest absolute Gasteiger partial charge is 0.481 e. The second-order valence-corrected chi connectivity index (χ2v) is 10.3. The van der Waals surface area contributed by atoms with E-state index in [1.165, 1.54) is 0 Å². The molecule has 0 radical (unpaired) electrons. The lowest BCUT2D eigenvalue weighted by Crippen LogP contribution is -2.60. The van der Waals surface area contributed by atoms with Gasteiger partial charge in [0.1, 0.15) is 18.2 Å².